The Balaban J connectivity index is 1.57. The Morgan fingerprint density at radius 2 is 2.03 bits per heavy atom. The van der Waals surface area contributed by atoms with Crippen molar-refractivity contribution < 1.29 is 14.3 Å². The van der Waals surface area contributed by atoms with Crippen LogP contribution in [-0.4, -0.2) is 46.0 Å². The van der Waals surface area contributed by atoms with Gasteiger partial charge in [-0.25, -0.2) is 4.98 Å². The standard InChI is InChI=1S/C24H26ClN3O3/c1-2-31-24(30)18-8-6-12-27(15-18)23(29)16-28-21-11-4-3-10-20(21)26-22(28)14-17-7-5-9-19(25)13-17/h3-5,7,9-11,13,18H,2,6,8,12,14-16H2,1H3. The second-order valence-corrected chi connectivity index (χ2v) is 8.28. The molecule has 0 saturated carbocycles. The Hall–Kier alpha value is -2.86. The van der Waals surface area contributed by atoms with Gasteiger partial charge in [0, 0.05) is 24.5 Å². The molecule has 1 atom stereocenters. The second-order valence-electron chi connectivity index (χ2n) is 7.84. The van der Waals surface area contributed by atoms with Crippen LogP contribution in [0.4, 0.5) is 0 Å². The third-order valence-electron chi connectivity index (χ3n) is 5.67. The Morgan fingerprint density at radius 3 is 2.84 bits per heavy atom. The first-order valence-corrected chi connectivity index (χ1v) is 11.1. The zero-order chi connectivity index (χ0) is 21.8. The molecule has 0 N–H and O–H groups in total. The van der Waals surface area contributed by atoms with Crippen molar-refractivity contribution in [3.05, 3.63) is 64.9 Å². The Bertz CT molecular complexity index is 1090. The van der Waals surface area contributed by atoms with Crippen molar-refractivity contribution in [2.75, 3.05) is 19.7 Å². The maximum atomic E-state index is 13.2. The van der Waals surface area contributed by atoms with Crippen LogP contribution in [0, 0.1) is 5.92 Å². The number of carbonyl (C=O) groups excluding carboxylic acids is 2. The molecule has 1 aromatic heterocycles. The van der Waals surface area contributed by atoms with Crippen LogP contribution in [0.5, 0.6) is 0 Å². The first-order valence-electron chi connectivity index (χ1n) is 10.7. The lowest BCUT2D eigenvalue weighted by Gasteiger charge is -2.31. The van der Waals surface area contributed by atoms with Crippen LogP contribution in [0.15, 0.2) is 48.5 Å². The van der Waals surface area contributed by atoms with Crippen LogP contribution in [0.25, 0.3) is 11.0 Å². The first kappa shape index (κ1) is 21.4. The lowest BCUT2D eigenvalue weighted by molar-refractivity contribution is -0.151. The van der Waals surface area contributed by atoms with E-state index in [0.29, 0.717) is 31.1 Å². The summed E-state index contributed by atoms with van der Waals surface area (Å²) in [7, 11) is 0. The maximum absolute atomic E-state index is 13.2. The number of fused-ring (bicyclic) bond motifs is 1. The zero-order valence-electron chi connectivity index (χ0n) is 17.6. The van der Waals surface area contributed by atoms with Crippen molar-refractivity contribution in [2.45, 2.75) is 32.7 Å². The van der Waals surface area contributed by atoms with E-state index in [1.807, 2.05) is 53.1 Å². The quantitative estimate of drug-likeness (QED) is 0.543. The van der Waals surface area contributed by atoms with Crippen molar-refractivity contribution in [3.63, 3.8) is 0 Å². The van der Waals surface area contributed by atoms with Gasteiger partial charge < -0.3 is 14.2 Å². The van der Waals surface area contributed by atoms with E-state index in [2.05, 4.69) is 0 Å². The molecule has 1 saturated heterocycles. The number of para-hydroxylation sites is 2. The number of aromatic nitrogens is 2. The fourth-order valence-electron chi connectivity index (χ4n) is 4.16. The highest BCUT2D eigenvalue weighted by Gasteiger charge is 2.29. The van der Waals surface area contributed by atoms with Crippen LogP contribution >= 0.6 is 11.6 Å². The number of imidazole rings is 1. The molecule has 1 amide bonds. The summed E-state index contributed by atoms with van der Waals surface area (Å²) in [6.07, 6.45) is 2.14. The fraction of sp³-hybridized carbons (Fsp3) is 0.375. The lowest BCUT2D eigenvalue weighted by atomic mass is 9.98. The summed E-state index contributed by atoms with van der Waals surface area (Å²) in [5.74, 6) is 0.345. The summed E-state index contributed by atoms with van der Waals surface area (Å²) in [6.45, 7) is 3.41. The van der Waals surface area contributed by atoms with Crippen molar-refractivity contribution in [3.8, 4) is 0 Å². The minimum absolute atomic E-state index is 0.00973. The molecule has 6 nitrogen and oxygen atoms in total. The summed E-state index contributed by atoms with van der Waals surface area (Å²) in [5, 5.41) is 0.676. The number of rotatable bonds is 6. The van der Waals surface area contributed by atoms with Gasteiger partial charge in [-0.1, -0.05) is 35.9 Å². The van der Waals surface area contributed by atoms with E-state index < -0.39 is 0 Å². The minimum atomic E-state index is -0.247. The van der Waals surface area contributed by atoms with Crippen LogP contribution in [0.1, 0.15) is 31.2 Å². The molecule has 3 aromatic rings. The number of halogens is 1. The number of hydrogen-bond donors (Lipinski definition) is 0. The van der Waals surface area contributed by atoms with Gasteiger partial charge in [-0.05, 0) is 49.6 Å². The SMILES string of the molecule is CCOC(=O)C1CCCN(C(=O)Cn2c(Cc3cccc(Cl)c3)nc3ccccc32)C1. The van der Waals surface area contributed by atoms with E-state index in [-0.39, 0.29) is 24.3 Å². The van der Waals surface area contributed by atoms with Crippen molar-refractivity contribution in [2.24, 2.45) is 5.92 Å². The average molecular weight is 440 g/mol. The molecule has 1 aliphatic heterocycles. The average Bonchev–Trinajstić information content (AvgIpc) is 3.11. The highest BCUT2D eigenvalue weighted by Crippen LogP contribution is 2.22. The van der Waals surface area contributed by atoms with Gasteiger partial charge in [0.1, 0.15) is 12.4 Å². The predicted octanol–water partition coefficient (Wildman–Crippen LogP) is 4.08. The summed E-state index contributed by atoms with van der Waals surface area (Å²) < 4.78 is 7.14. The van der Waals surface area contributed by atoms with Gasteiger partial charge in [0.25, 0.3) is 0 Å². The molecule has 1 unspecified atom stereocenters. The first-order chi connectivity index (χ1) is 15.0. The number of carbonyl (C=O) groups is 2. The smallest absolute Gasteiger partial charge is 0.310 e. The van der Waals surface area contributed by atoms with E-state index in [0.717, 1.165) is 35.3 Å². The zero-order valence-corrected chi connectivity index (χ0v) is 18.3. The van der Waals surface area contributed by atoms with Gasteiger partial charge >= 0.3 is 5.97 Å². The van der Waals surface area contributed by atoms with Crippen LogP contribution < -0.4 is 0 Å². The lowest BCUT2D eigenvalue weighted by Crippen LogP contribution is -2.44. The highest BCUT2D eigenvalue weighted by atomic mass is 35.5. The molecule has 162 valence electrons. The second kappa shape index (κ2) is 9.52. The van der Waals surface area contributed by atoms with Crippen LogP contribution in [0.2, 0.25) is 5.02 Å². The number of ether oxygens (including phenoxy) is 1. The van der Waals surface area contributed by atoms with E-state index in [1.54, 1.807) is 11.8 Å². The van der Waals surface area contributed by atoms with Gasteiger partial charge in [0.05, 0.1) is 23.6 Å². The Kier molecular flexibility index (Phi) is 6.56. The summed E-state index contributed by atoms with van der Waals surface area (Å²) in [6, 6.07) is 15.5. The Labute approximate surface area is 186 Å². The third-order valence-corrected chi connectivity index (χ3v) is 5.91. The Morgan fingerprint density at radius 1 is 1.19 bits per heavy atom. The van der Waals surface area contributed by atoms with Gasteiger partial charge in [0.2, 0.25) is 5.91 Å². The number of nitrogens with zero attached hydrogens (tertiary/aromatic N) is 3. The molecule has 1 aliphatic rings. The normalized spacial score (nSPS) is 16.5. The molecule has 31 heavy (non-hydrogen) atoms. The monoisotopic (exact) mass is 439 g/mol. The van der Waals surface area contributed by atoms with E-state index in [1.165, 1.54) is 0 Å². The molecule has 0 radical (unpaired) electrons. The molecular formula is C24H26ClN3O3. The van der Waals surface area contributed by atoms with E-state index in [4.69, 9.17) is 21.3 Å². The van der Waals surface area contributed by atoms with Gasteiger partial charge in [-0.3, -0.25) is 9.59 Å². The number of hydrogen-bond acceptors (Lipinski definition) is 4. The predicted molar refractivity (Wildman–Crippen MR) is 120 cm³/mol. The minimum Gasteiger partial charge on any atom is -0.466 e. The number of piperidine rings is 1. The summed E-state index contributed by atoms with van der Waals surface area (Å²) in [5.41, 5.74) is 2.82. The van der Waals surface area contributed by atoms with Gasteiger partial charge in [-0.2, -0.15) is 0 Å². The highest BCUT2D eigenvalue weighted by molar-refractivity contribution is 6.30. The molecule has 0 spiro atoms. The summed E-state index contributed by atoms with van der Waals surface area (Å²) >= 11 is 6.15. The third kappa shape index (κ3) is 4.90. The topological polar surface area (TPSA) is 64.4 Å². The molecule has 4 rings (SSSR count). The molecular weight excluding hydrogens is 414 g/mol. The molecule has 0 bridgehead atoms. The molecule has 2 heterocycles. The summed E-state index contributed by atoms with van der Waals surface area (Å²) in [4.78, 5) is 31.9. The fourth-order valence-corrected chi connectivity index (χ4v) is 4.37. The van der Waals surface area contributed by atoms with Crippen molar-refractivity contribution in [1.29, 1.82) is 0 Å². The number of esters is 1. The van der Waals surface area contributed by atoms with Crippen LogP contribution in [0.3, 0.4) is 0 Å². The molecule has 0 aliphatic carbocycles. The van der Waals surface area contributed by atoms with Crippen molar-refractivity contribution >= 4 is 34.5 Å². The number of amides is 1. The number of benzene rings is 2. The van der Waals surface area contributed by atoms with Gasteiger partial charge in [0.15, 0.2) is 0 Å². The maximum Gasteiger partial charge on any atom is 0.310 e. The molecule has 7 heteroatoms. The number of likely N-dealkylation sites (tertiary alicyclic amines) is 1. The van der Waals surface area contributed by atoms with Crippen molar-refractivity contribution in [1.82, 2.24) is 14.5 Å². The van der Waals surface area contributed by atoms with E-state index >= 15 is 0 Å². The van der Waals surface area contributed by atoms with Crippen LogP contribution in [-0.2, 0) is 27.3 Å². The van der Waals surface area contributed by atoms with E-state index in [9.17, 15) is 9.59 Å². The largest absolute Gasteiger partial charge is 0.466 e. The molecule has 1 fully saturated rings. The molecule has 2 aromatic carbocycles. The van der Waals surface area contributed by atoms with Gasteiger partial charge in [-0.15, -0.1) is 0 Å².